The van der Waals surface area contributed by atoms with E-state index in [1.807, 2.05) is 6.92 Å². The van der Waals surface area contributed by atoms with Crippen molar-refractivity contribution in [1.29, 1.82) is 0 Å². The molecule has 0 atom stereocenters. The maximum absolute atomic E-state index is 12.4. The molecule has 0 aromatic heterocycles. The zero-order chi connectivity index (χ0) is 15.9. The number of hydrogen-bond acceptors (Lipinski definition) is 4. The molecule has 0 bridgehead atoms. The Morgan fingerprint density at radius 2 is 2.14 bits per heavy atom. The normalized spacial score (nSPS) is 11.4. The van der Waals surface area contributed by atoms with Gasteiger partial charge in [-0.1, -0.05) is 12.8 Å². The van der Waals surface area contributed by atoms with Gasteiger partial charge in [0.1, 0.15) is 5.75 Å². The molecule has 0 aliphatic rings. The van der Waals surface area contributed by atoms with E-state index >= 15 is 0 Å². The molecule has 0 unspecified atom stereocenters. The highest BCUT2D eigenvalue weighted by Crippen LogP contribution is 2.24. The fraction of sp³-hybridized carbons (Fsp3) is 0.467. The zero-order valence-corrected chi connectivity index (χ0v) is 13.5. The van der Waals surface area contributed by atoms with Crippen LogP contribution in [0, 0.1) is 12.3 Å². The van der Waals surface area contributed by atoms with Crippen molar-refractivity contribution in [3.05, 3.63) is 23.8 Å². The number of benzene rings is 1. The Balaban J connectivity index is 3.15. The topological polar surface area (TPSA) is 58.6 Å². The maximum atomic E-state index is 12.4. The second-order valence-electron chi connectivity index (χ2n) is 4.61. The summed E-state index contributed by atoms with van der Waals surface area (Å²) in [4.78, 5) is 0.217. The van der Waals surface area contributed by atoms with E-state index in [1.54, 1.807) is 25.2 Å². The summed E-state index contributed by atoms with van der Waals surface area (Å²) in [6.07, 6.45) is 6.07. The van der Waals surface area contributed by atoms with Crippen LogP contribution in [0.3, 0.4) is 0 Å². The van der Waals surface area contributed by atoms with Crippen molar-refractivity contribution in [3.63, 3.8) is 0 Å². The van der Waals surface area contributed by atoms with Gasteiger partial charge in [-0.3, -0.25) is 0 Å². The summed E-state index contributed by atoms with van der Waals surface area (Å²) in [6.45, 7) is 3.18. The summed E-state index contributed by atoms with van der Waals surface area (Å²) >= 11 is 0. The van der Waals surface area contributed by atoms with Crippen molar-refractivity contribution >= 4 is 10.0 Å². The highest BCUT2D eigenvalue weighted by atomic mass is 32.2. The van der Waals surface area contributed by atoms with Gasteiger partial charge in [0.25, 0.3) is 0 Å². The summed E-state index contributed by atoms with van der Waals surface area (Å²) in [7, 11) is -0.304. The van der Waals surface area contributed by atoms with Gasteiger partial charge >= 0.3 is 0 Å². The minimum Gasteiger partial charge on any atom is -0.493 e. The van der Waals surface area contributed by atoms with Crippen LogP contribution in [0.2, 0.25) is 0 Å². The third-order valence-corrected chi connectivity index (χ3v) is 4.68. The van der Waals surface area contributed by atoms with Crippen LogP contribution in [0.25, 0.3) is 0 Å². The molecular formula is C15H22N2O3S. The third kappa shape index (κ3) is 4.46. The molecule has 21 heavy (non-hydrogen) atoms. The van der Waals surface area contributed by atoms with Crippen LogP contribution in [0.5, 0.6) is 5.75 Å². The Kier molecular flexibility index (Phi) is 6.69. The molecule has 0 fully saturated rings. The van der Waals surface area contributed by atoms with Crippen LogP contribution in [-0.2, 0) is 16.6 Å². The van der Waals surface area contributed by atoms with Crippen LogP contribution in [-0.4, -0.2) is 40.0 Å². The first-order valence-electron chi connectivity index (χ1n) is 6.77. The molecule has 1 N–H and O–H groups in total. The molecule has 1 aromatic carbocycles. The van der Waals surface area contributed by atoms with Gasteiger partial charge in [-0.25, -0.2) is 8.42 Å². The first-order valence-corrected chi connectivity index (χ1v) is 8.21. The molecule has 0 aliphatic carbocycles. The van der Waals surface area contributed by atoms with Crippen LogP contribution >= 0.6 is 0 Å². The minimum atomic E-state index is -3.57. The molecule has 5 nitrogen and oxygen atoms in total. The Hall–Kier alpha value is -1.55. The van der Waals surface area contributed by atoms with E-state index in [1.165, 1.54) is 7.05 Å². The van der Waals surface area contributed by atoms with E-state index in [0.29, 0.717) is 18.9 Å². The molecule has 1 rings (SSSR count). The monoisotopic (exact) mass is 310 g/mol. The molecule has 1 aromatic rings. The molecule has 6 heteroatoms. The largest absolute Gasteiger partial charge is 0.493 e. The first kappa shape index (κ1) is 17.5. The smallest absolute Gasteiger partial charge is 0.243 e. The zero-order valence-electron chi connectivity index (χ0n) is 12.7. The van der Waals surface area contributed by atoms with Crippen LogP contribution < -0.4 is 10.1 Å². The number of sulfonamides is 1. The summed E-state index contributed by atoms with van der Waals surface area (Å²) in [6, 6.07) is 4.87. The van der Waals surface area contributed by atoms with Gasteiger partial charge in [0.15, 0.2) is 0 Å². The molecule has 0 amide bonds. The van der Waals surface area contributed by atoms with E-state index < -0.39 is 10.0 Å². The van der Waals surface area contributed by atoms with Crippen LogP contribution in [0.1, 0.15) is 18.9 Å². The molecular weight excluding hydrogens is 288 g/mol. The number of ether oxygens (including phenoxy) is 1. The quantitative estimate of drug-likeness (QED) is 0.738. The van der Waals surface area contributed by atoms with Crippen LogP contribution in [0.4, 0.5) is 0 Å². The highest BCUT2D eigenvalue weighted by Gasteiger charge is 2.21. The van der Waals surface area contributed by atoms with Gasteiger partial charge in [-0.2, -0.15) is 4.31 Å². The predicted molar refractivity (Wildman–Crippen MR) is 83.6 cm³/mol. The number of terminal acetylenes is 1. The second kappa shape index (κ2) is 8.03. The lowest BCUT2D eigenvalue weighted by Crippen LogP contribution is -2.27. The average molecular weight is 310 g/mol. The number of rotatable bonds is 8. The van der Waals surface area contributed by atoms with E-state index in [2.05, 4.69) is 11.2 Å². The molecule has 0 saturated heterocycles. The maximum Gasteiger partial charge on any atom is 0.243 e. The van der Waals surface area contributed by atoms with E-state index in [4.69, 9.17) is 11.2 Å². The fourth-order valence-electron chi connectivity index (χ4n) is 1.79. The number of nitrogens with one attached hydrogen (secondary N) is 1. The highest BCUT2D eigenvalue weighted by molar-refractivity contribution is 7.89. The van der Waals surface area contributed by atoms with E-state index in [-0.39, 0.29) is 11.4 Å². The summed E-state index contributed by atoms with van der Waals surface area (Å²) < 4.78 is 31.5. The Labute approximate surface area is 127 Å². The van der Waals surface area contributed by atoms with Gasteiger partial charge in [0, 0.05) is 19.2 Å². The van der Waals surface area contributed by atoms with Gasteiger partial charge in [0.2, 0.25) is 10.0 Å². The lowest BCUT2D eigenvalue weighted by molar-refractivity contribution is 0.313. The molecule has 0 saturated carbocycles. The number of hydrogen-bond donors (Lipinski definition) is 1. The Bertz CT molecular complexity index is 606. The van der Waals surface area contributed by atoms with Crippen molar-refractivity contribution in [2.45, 2.75) is 24.8 Å². The van der Waals surface area contributed by atoms with Gasteiger partial charge in [0.05, 0.1) is 18.0 Å². The summed E-state index contributed by atoms with van der Waals surface area (Å²) in [5.41, 5.74) is 0.807. The lowest BCUT2D eigenvalue weighted by Gasteiger charge is -2.17. The van der Waals surface area contributed by atoms with Gasteiger partial charge in [-0.15, -0.1) is 6.42 Å². The minimum absolute atomic E-state index is 0.0395. The SMILES string of the molecule is C#CCN(C)S(=O)(=O)c1ccc(OCCC)c(CNC)c1. The third-order valence-electron chi connectivity index (χ3n) is 2.88. The van der Waals surface area contributed by atoms with Crippen molar-refractivity contribution in [1.82, 2.24) is 9.62 Å². The molecule has 0 aliphatic heterocycles. The number of nitrogens with zero attached hydrogens (tertiary/aromatic N) is 1. The van der Waals surface area contributed by atoms with E-state index in [9.17, 15) is 8.42 Å². The van der Waals surface area contributed by atoms with Crippen molar-refractivity contribution < 1.29 is 13.2 Å². The fourth-order valence-corrected chi connectivity index (χ4v) is 2.93. The van der Waals surface area contributed by atoms with Crippen molar-refractivity contribution in [2.24, 2.45) is 0 Å². The van der Waals surface area contributed by atoms with E-state index in [0.717, 1.165) is 16.3 Å². The van der Waals surface area contributed by atoms with Crippen molar-refractivity contribution in [3.8, 4) is 18.1 Å². The van der Waals surface area contributed by atoms with Crippen molar-refractivity contribution in [2.75, 3.05) is 27.2 Å². The molecule has 0 spiro atoms. The van der Waals surface area contributed by atoms with Gasteiger partial charge < -0.3 is 10.1 Å². The first-order chi connectivity index (χ1) is 9.97. The standard InChI is InChI=1S/C15H22N2O3S/c1-5-9-17(4)21(18,19)14-7-8-15(20-10-6-2)13(11-14)12-16-3/h1,7-8,11,16H,6,9-10,12H2,2-4H3. The molecule has 0 heterocycles. The molecule has 0 radical (unpaired) electrons. The predicted octanol–water partition coefficient (Wildman–Crippen LogP) is 1.45. The summed E-state index contributed by atoms with van der Waals surface area (Å²) in [5.74, 6) is 3.03. The summed E-state index contributed by atoms with van der Waals surface area (Å²) in [5, 5.41) is 3.01. The Morgan fingerprint density at radius 1 is 1.43 bits per heavy atom. The van der Waals surface area contributed by atoms with Crippen LogP contribution in [0.15, 0.2) is 23.1 Å². The molecule has 116 valence electrons. The lowest BCUT2D eigenvalue weighted by atomic mass is 10.2. The average Bonchev–Trinajstić information content (AvgIpc) is 2.46. The van der Waals surface area contributed by atoms with Gasteiger partial charge in [-0.05, 0) is 31.7 Å². The Morgan fingerprint density at radius 3 is 2.71 bits per heavy atom. The second-order valence-corrected chi connectivity index (χ2v) is 6.66.